The van der Waals surface area contributed by atoms with Crippen LogP contribution in [-0.2, 0) is 15.4 Å². The fourth-order valence-electron chi connectivity index (χ4n) is 2.20. The summed E-state index contributed by atoms with van der Waals surface area (Å²) in [5.74, 6) is 0.0608. The zero-order valence-electron chi connectivity index (χ0n) is 11.6. The van der Waals surface area contributed by atoms with Crippen molar-refractivity contribution < 1.29 is 14.2 Å². The Bertz CT molecular complexity index is 480. The molecule has 0 atom stereocenters. The highest BCUT2D eigenvalue weighted by molar-refractivity contribution is 6.01. The van der Waals surface area contributed by atoms with Crippen molar-refractivity contribution in [1.82, 2.24) is 0 Å². The van der Waals surface area contributed by atoms with Crippen LogP contribution in [0.1, 0.15) is 31.9 Å². The minimum atomic E-state index is -1.13. The van der Waals surface area contributed by atoms with Crippen LogP contribution in [0.15, 0.2) is 23.2 Å². The van der Waals surface area contributed by atoms with Crippen molar-refractivity contribution in [2.24, 2.45) is 10.7 Å². The standard InChI is InChI=1S/C14H20N2O3/c1-4-17-10-7-8-11-12(9-10)14(18-5-2,19-6-3)16-13(11)15/h7-9H,4-6H2,1-3H3,(H2,15,16). The molecule has 2 N–H and O–H groups in total. The Morgan fingerprint density at radius 2 is 1.79 bits per heavy atom. The molecule has 19 heavy (non-hydrogen) atoms. The number of hydrogen-bond acceptors (Lipinski definition) is 5. The average molecular weight is 264 g/mol. The summed E-state index contributed by atoms with van der Waals surface area (Å²) in [5, 5.41) is 0. The molecule has 2 rings (SSSR count). The van der Waals surface area contributed by atoms with Crippen molar-refractivity contribution >= 4 is 5.84 Å². The van der Waals surface area contributed by atoms with Gasteiger partial charge in [-0.3, -0.25) is 0 Å². The normalized spacial score (nSPS) is 16.1. The van der Waals surface area contributed by atoms with Gasteiger partial charge in [0.05, 0.1) is 12.2 Å². The van der Waals surface area contributed by atoms with Gasteiger partial charge in [-0.25, -0.2) is 4.99 Å². The summed E-state index contributed by atoms with van der Waals surface area (Å²) in [6.07, 6.45) is 0. The van der Waals surface area contributed by atoms with Crippen LogP contribution in [-0.4, -0.2) is 25.7 Å². The smallest absolute Gasteiger partial charge is 0.300 e. The van der Waals surface area contributed by atoms with Gasteiger partial charge in [-0.05, 0) is 39.0 Å². The van der Waals surface area contributed by atoms with Crippen LogP contribution >= 0.6 is 0 Å². The van der Waals surface area contributed by atoms with Crippen molar-refractivity contribution in [3.8, 4) is 5.75 Å². The summed E-state index contributed by atoms with van der Waals surface area (Å²) in [6.45, 7) is 7.31. The van der Waals surface area contributed by atoms with E-state index in [2.05, 4.69) is 4.99 Å². The lowest BCUT2D eigenvalue weighted by atomic mass is 10.1. The van der Waals surface area contributed by atoms with E-state index in [1.54, 1.807) is 0 Å². The van der Waals surface area contributed by atoms with Crippen LogP contribution in [0.2, 0.25) is 0 Å². The Morgan fingerprint density at radius 1 is 1.11 bits per heavy atom. The van der Waals surface area contributed by atoms with Crippen molar-refractivity contribution in [2.45, 2.75) is 26.7 Å². The summed E-state index contributed by atoms with van der Waals surface area (Å²) in [7, 11) is 0. The summed E-state index contributed by atoms with van der Waals surface area (Å²) in [5.41, 5.74) is 7.60. The van der Waals surface area contributed by atoms with Gasteiger partial charge < -0.3 is 19.9 Å². The van der Waals surface area contributed by atoms with Crippen LogP contribution in [0.3, 0.4) is 0 Å². The first kappa shape index (κ1) is 13.8. The number of nitrogens with zero attached hydrogens (tertiary/aromatic N) is 1. The van der Waals surface area contributed by atoms with E-state index in [1.165, 1.54) is 0 Å². The van der Waals surface area contributed by atoms with E-state index in [4.69, 9.17) is 19.9 Å². The first-order chi connectivity index (χ1) is 9.16. The lowest BCUT2D eigenvalue weighted by molar-refractivity contribution is -0.234. The van der Waals surface area contributed by atoms with Crippen molar-refractivity contribution in [2.75, 3.05) is 19.8 Å². The SMILES string of the molecule is CCOc1ccc2c(c1)C(OCC)(OCC)N=C2N. The molecule has 0 fully saturated rings. The number of nitrogens with two attached hydrogens (primary N) is 1. The van der Waals surface area contributed by atoms with Crippen LogP contribution < -0.4 is 10.5 Å². The quantitative estimate of drug-likeness (QED) is 0.798. The molecule has 1 aromatic rings. The number of fused-ring (bicyclic) bond motifs is 1. The third kappa shape index (κ3) is 2.43. The second-order valence-electron chi connectivity index (χ2n) is 4.09. The molecular weight excluding hydrogens is 244 g/mol. The maximum Gasteiger partial charge on any atom is 0.300 e. The zero-order chi connectivity index (χ0) is 13.9. The fourth-order valence-corrected chi connectivity index (χ4v) is 2.20. The molecule has 0 saturated carbocycles. The van der Waals surface area contributed by atoms with Gasteiger partial charge in [-0.15, -0.1) is 0 Å². The van der Waals surface area contributed by atoms with E-state index in [-0.39, 0.29) is 0 Å². The highest BCUT2D eigenvalue weighted by Gasteiger charge is 2.42. The van der Waals surface area contributed by atoms with E-state index in [9.17, 15) is 0 Å². The summed E-state index contributed by atoms with van der Waals surface area (Å²) in [4.78, 5) is 4.36. The largest absolute Gasteiger partial charge is 0.494 e. The second kappa shape index (κ2) is 5.59. The van der Waals surface area contributed by atoms with Gasteiger partial charge in [0.2, 0.25) is 0 Å². The van der Waals surface area contributed by atoms with Crippen LogP contribution in [0, 0.1) is 0 Å². The number of hydrogen-bond donors (Lipinski definition) is 1. The molecular formula is C14H20N2O3. The molecule has 0 unspecified atom stereocenters. The molecule has 0 aromatic heterocycles. The minimum Gasteiger partial charge on any atom is -0.494 e. The molecule has 5 heteroatoms. The van der Waals surface area contributed by atoms with Gasteiger partial charge >= 0.3 is 5.91 Å². The summed E-state index contributed by atoms with van der Waals surface area (Å²) < 4.78 is 16.9. The molecule has 0 bridgehead atoms. The molecule has 5 nitrogen and oxygen atoms in total. The molecule has 1 aliphatic rings. The van der Waals surface area contributed by atoms with Gasteiger partial charge in [0, 0.05) is 18.8 Å². The maximum absolute atomic E-state index is 5.96. The molecule has 1 heterocycles. The highest BCUT2D eigenvalue weighted by Crippen LogP contribution is 2.38. The van der Waals surface area contributed by atoms with E-state index in [0.29, 0.717) is 25.7 Å². The summed E-state index contributed by atoms with van der Waals surface area (Å²) >= 11 is 0. The first-order valence-electron chi connectivity index (χ1n) is 6.57. The predicted molar refractivity (Wildman–Crippen MR) is 73.3 cm³/mol. The minimum absolute atomic E-state index is 0.431. The number of amidine groups is 1. The van der Waals surface area contributed by atoms with Crippen molar-refractivity contribution in [3.05, 3.63) is 29.3 Å². The molecule has 104 valence electrons. The third-order valence-corrected chi connectivity index (χ3v) is 2.87. The average Bonchev–Trinajstić information content (AvgIpc) is 2.64. The van der Waals surface area contributed by atoms with Gasteiger partial charge in [0.15, 0.2) is 0 Å². The van der Waals surface area contributed by atoms with Gasteiger partial charge in [0.1, 0.15) is 11.6 Å². The topological polar surface area (TPSA) is 66.1 Å². The lowest BCUT2D eigenvalue weighted by Crippen LogP contribution is -2.29. The Kier molecular flexibility index (Phi) is 4.07. The molecule has 1 aliphatic heterocycles. The lowest BCUT2D eigenvalue weighted by Gasteiger charge is -2.26. The zero-order valence-corrected chi connectivity index (χ0v) is 11.6. The van der Waals surface area contributed by atoms with Crippen LogP contribution in [0.5, 0.6) is 5.75 Å². The monoisotopic (exact) mass is 264 g/mol. The van der Waals surface area contributed by atoms with Gasteiger partial charge in [-0.1, -0.05) is 0 Å². The second-order valence-corrected chi connectivity index (χ2v) is 4.09. The summed E-state index contributed by atoms with van der Waals surface area (Å²) in [6, 6.07) is 5.64. The highest BCUT2D eigenvalue weighted by atomic mass is 16.7. The van der Waals surface area contributed by atoms with Crippen molar-refractivity contribution in [3.63, 3.8) is 0 Å². The molecule has 0 radical (unpaired) electrons. The number of rotatable bonds is 6. The molecule has 0 aliphatic carbocycles. The van der Waals surface area contributed by atoms with Crippen LogP contribution in [0.25, 0.3) is 0 Å². The predicted octanol–water partition coefficient (Wildman–Crippen LogP) is 1.99. The Balaban J connectivity index is 2.47. The van der Waals surface area contributed by atoms with E-state index < -0.39 is 5.91 Å². The molecule has 0 spiro atoms. The molecule has 0 amide bonds. The maximum atomic E-state index is 5.96. The third-order valence-electron chi connectivity index (χ3n) is 2.87. The van der Waals surface area contributed by atoms with Crippen LogP contribution in [0.4, 0.5) is 0 Å². The van der Waals surface area contributed by atoms with Crippen molar-refractivity contribution in [1.29, 1.82) is 0 Å². The fraction of sp³-hybridized carbons (Fsp3) is 0.500. The van der Waals surface area contributed by atoms with Gasteiger partial charge in [-0.2, -0.15) is 0 Å². The Labute approximate surface area is 113 Å². The molecule has 0 saturated heterocycles. The van der Waals surface area contributed by atoms with Gasteiger partial charge in [0.25, 0.3) is 0 Å². The van der Waals surface area contributed by atoms with E-state index >= 15 is 0 Å². The molecule has 1 aromatic carbocycles. The van der Waals surface area contributed by atoms with E-state index in [1.807, 2.05) is 39.0 Å². The number of aliphatic imine (C=N–C) groups is 1. The first-order valence-corrected chi connectivity index (χ1v) is 6.57. The Morgan fingerprint density at radius 3 is 2.37 bits per heavy atom. The number of benzene rings is 1. The Hall–Kier alpha value is -1.59. The van der Waals surface area contributed by atoms with E-state index in [0.717, 1.165) is 16.9 Å². The number of ether oxygens (including phenoxy) is 3.